The maximum atomic E-state index is 5.92. The van der Waals surface area contributed by atoms with Gasteiger partial charge in [0.2, 0.25) is 0 Å². The summed E-state index contributed by atoms with van der Waals surface area (Å²) < 4.78 is 0. The zero-order valence-electron chi connectivity index (χ0n) is 9.80. The van der Waals surface area contributed by atoms with E-state index in [-0.39, 0.29) is 0 Å². The summed E-state index contributed by atoms with van der Waals surface area (Å²) in [4.78, 5) is 8.64. The van der Waals surface area contributed by atoms with Crippen LogP contribution in [0.5, 0.6) is 0 Å². The lowest BCUT2D eigenvalue weighted by atomic mass is 10.2. The topological polar surface area (TPSA) is 51.3 Å². The number of nitrogens with two attached hydrogens (primary N) is 1. The molecule has 0 bridgehead atoms. The lowest BCUT2D eigenvalue weighted by Crippen LogP contribution is -2.13. The van der Waals surface area contributed by atoms with Crippen molar-refractivity contribution in [3.05, 3.63) is 65.5 Å². The maximum absolute atomic E-state index is 5.92. The van der Waals surface area contributed by atoms with Crippen molar-refractivity contribution < 1.29 is 0 Å². The number of pyridine rings is 1. The third-order valence-corrected chi connectivity index (χ3v) is 2.59. The Morgan fingerprint density at radius 1 is 1.18 bits per heavy atom. The van der Waals surface area contributed by atoms with Gasteiger partial charge in [-0.15, -0.1) is 0 Å². The van der Waals surface area contributed by atoms with Crippen LogP contribution in [0.4, 0.5) is 0 Å². The van der Waals surface area contributed by atoms with E-state index in [9.17, 15) is 0 Å². The minimum Gasteiger partial charge on any atom is -0.383 e. The first-order chi connectivity index (χ1) is 8.27. The molecule has 0 aliphatic heterocycles. The van der Waals surface area contributed by atoms with Crippen LogP contribution in [0.15, 0.2) is 53.7 Å². The molecular formula is C14H15N3. The highest BCUT2D eigenvalue weighted by atomic mass is 14.9. The molecule has 86 valence electrons. The first-order valence-electron chi connectivity index (χ1n) is 5.53. The standard InChI is InChI=1S/C14H15N3/c1-11-6-5-9-16-13(11)10-17-14(15)12-7-3-2-4-8-12/h2-9H,10H2,1H3,(H2,15,17). The van der Waals surface area contributed by atoms with Crippen LogP contribution < -0.4 is 5.73 Å². The van der Waals surface area contributed by atoms with Crippen molar-refractivity contribution in [2.75, 3.05) is 0 Å². The van der Waals surface area contributed by atoms with Crippen molar-refractivity contribution in [1.82, 2.24) is 4.98 Å². The molecule has 0 spiro atoms. The van der Waals surface area contributed by atoms with Crippen molar-refractivity contribution in [2.24, 2.45) is 10.7 Å². The van der Waals surface area contributed by atoms with Gasteiger partial charge in [-0.1, -0.05) is 36.4 Å². The number of hydrogen-bond donors (Lipinski definition) is 1. The van der Waals surface area contributed by atoms with Crippen LogP contribution in [-0.4, -0.2) is 10.8 Å². The molecule has 1 aromatic heterocycles. The van der Waals surface area contributed by atoms with Crippen LogP contribution in [0, 0.1) is 6.92 Å². The fraction of sp³-hybridized carbons (Fsp3) is 0.143. The highest BCUT2D eigenvalue weighted by Crippen LogP contribution is 2.05. The third kappa shape index (κ3) is 2.91. The second-order valence-corrected chi connectivity index (χ2v) is 3.83. The molecule has 2 aromatic rings. The summed E-state index contributed by atoms with van der Waals surface area (Å²) >= 11 is 0. The number of aliphatic imine (C=N–C) groups is 1. The molecule has 3 nitrogen and oxygen atoms in total. The van der Waals surface area contributed by atoms with Gasteiger partial charge >= 0.3 is 0 Å². The fourth-order valence-electron chi connectivity index (χ4n) is 1.54. The van der Waals surface area contributed by atoms with E-state index in [1.807, 2.05) is 49.4 Å². The van der Waals surface area contributed by atoms with E-state index in [1.54, 1.807) is 6.20 Å². The number of rotatable bonds is 3. The predicted octanol–water partition coefficient (Wildman–Crippen LogP) is 2.30. The van der Waals surface area contributed by atoms with E-state index in [1.165, 1.54) is 0 Å². The van der Waals surface area contributed by atoms with Gasteiger partial charge in [0.05, 0.1) is 12.2 Å². The van der Waals surface area contributed by atoms with Gasteiger partial charge in [-0.2, -0.15) is 0 Å². The largest absolute Gasteiger partial charge is 0.383 e. The van der Waals surface area contributed by atoms with E-state index < -0.39 is 0 Å². The van der Waals surface area contributed by atoms with Gasteiger partial charge in [0.1, 0.15) is 5.84 Å². The first kappa shape index (κ1) is 11.3. The Hall–Kier alpha value is -2.16. The number of aryl methyl sites for hydroxylation is 1. The average Bonchev–Trinajstić information content (AvgIpc) is 2.38. The van der Waals surface area contributed by atoms with E-state index in [4.69, 9.17) is 5.73 Å². The normalized spacial score (nSPS) is 11.5. The molecule has 0 unspecified atom stereocenters. The monoisotopic (exact) mass is 225 g/mol. The Labute approximate surface area is 101 Å². The molecule has 0 atom stereocenters. The molecule has 0 amide bonds. The molecule has 1 heterocycles. The van der Waals surface area contributed by atoms with Crippen molar-refractivity contribution in [3.8, 4) is 0 Å². The molecule has 17 heavy (non-hydrogen) atoms. The lowest BCUT2D eigenvalue weighted by Gasteiger charge is -2.03. The molecule has 0 fully saturated rings. The van der Waals surface area contributed by atoms with Gasteiger partial charge < -0.3 is 5.73 Å². The van der Waals surface area contributed by atoms with Crippen LogP contribution in [-0.2, 0) is 6.54 Å². The molecule has 0 saturated heterocycles. The van der Waals surface area contributed by atoms with Gasteiger partial charge in [0.15, 0.2) is 0 Å². The molecule has 0 radical (unpaired) electrons. The van der Waals surface area contributed by atoms with E-state index >= 15 is 0 Å². The SMILES string of the molecule is Cc1cccnc1CN=C(N)c1ccccc1. The number of hydrogen-bond acceptors (Lipinski definition) is 2. The molecule has 0 saturated carbocycles. The molecule has 1 aromatic carbocycles. The Kier molecular flexibility index (Phi) is 3.50. The van der Waals surface area contributed by atoms with Crippen molar-refractivity contribution in [1.29, 1.82) is 0 Å². The Balaban J connectivity index is 2.14. The van der Waals surface area contributed by atoms with E-state index in [0.717, 1.165) is 16.8 Å². The zero-order valence-corrected chi connectivity index (χ0v) is 9.80. The summed E-state index contributed by atoms with van der Waals surface area (Å²) in [6, 6.07) is 13.7. The van der Waals surface area contributed by atoms with Crippen LogP contribution in [0.1, 0.15) is 16.8 Å². The van der Waals surface area contributed by atoms with Gasteiger partial charge in [-0.25, -0.2) is 0 Å². The molecule has 0 aliphatic carbocycles. The number of nitrogens with zero attached hydrogens (tertiary/aromatic N) is 2. The van der Waals surface area contributed by atoms with Gasteiger partial charge in [-0.05, 0) is 18.6 Å². The number of aromatic nitrogens is 1. The first-order valence-corrected chi connectivity index (χ1v) is 5.53. The number of amidine groups is 1. The number of benzene rings is 1. The van der Waals surface area contributed by atoms with Crippen LogP contribution in [0.2, 0.25) is 0 Å². The second kappa shape index (κ2) is 5.25. The molecule has 0 aliphatic rings. The predicted molar refractivity (Wildman–Crippen MR) is 69.8 cm³/mol. The molecule has 2 rings (SSSR count). The van der Waals surface area contributed by atoms with Crippen molar-refractivity contribution in [3.63, 3.8) is 0 Å². The van der Waals surface area contributed by atoms with E-state index in [0.29, 0.717) is 12.4 Å². The van der Waals surface area contributed by atoms with Gasteiger partial charge in [0.25, 0.3) is 0 Å². The fourth-order valence-corrected chi connectivity index (χ4v) is 1.54. The zero-order chi connectivity index (χ0) is 12.1. The summed E-state index contributed by atoms with van der Waals surface area (Å²) in [5.74, 6) is 0.552. The third-order valence-electron chi connectivity index (χ3n) is 2.59. The van der Waals surface area contributed by atoms with Crippen molar-refractivity contribution in [2.45, 2.75) is 13.5 Å². The average molecular weight is 225 g/mol. The highest BCUT2D eigenvalue weighted by Gasteiger charge is 1.99. The Morgan fingerprint density at radius 2 is 1.94 bits per heavy atom. The van der Waals surface area contributed by atoms with Crippen molar-refractivity contribution >= 4 is 5.84 Å². The summed E-state index contributed by atoms with van der Waals surface area (Å²) in [5.41, 5.74) is 8.96. The van der Waals surface area contributed by atoms with Gasteiger partial charge in [-0.3, -0.25) is 9.98 Å². The minimum absolute atomic E-state index is 0.521. The molecule has 2 N–H and O–H groups in total. The quantitative estimate of drug-likeness (QED) is 0.643. The highest BCUT2D eigenvalue weighted by molar-refractivity contribution is 5.97. The minimum atomic E-state index is 0.521. The summed E-state index contributed by atoms with van der Waals surface area (Å²) in [5, 5.41) is 0. The van der Waals surface area contributed by atoms with E-state index in [2.05, 4.69) is 9.98 Å². The Bertz CT molecular complexity index is 518. The maximum Gasteiger partial charge on any atom is 0.126 e. The summed E-state index contributed by atoms with van der Waals surface area (Å²) in [6.45, 7) is 2.55. The Morgan fingerprint density at radius 3 is 2.65 bits per heavy atom. The van der Waals surface area contributed by atoms with Gasteiger partial charge in [0, 0.05) is 11.8 Å². The summed E-state index contributed by atoms with van der Waals surface area (Å²) in [7, 11) is 0. The second-order valence-electron chi connectivity index (χ2n) is 3.83. The molecule has 3 heteroatoms. The lowest BCUT2D eigenvalue weighted by molar-refractivity contribution is 0.965. The van der Waals surface area contributed by atoms with Crippen LogP contribution >= 0.6 is 0 Å². The summed E-state index contributed by atoms with van der Waals surface area (Å²) in [6.07, 6.45) is 1.77. The molecular weight excluding hydrogens is 210 g/mol. The smallest absolute Gasteiger partial charge is 0.126 e. The van der Waals surface area contributed by atoms with Crippen LogP contribution in [0.25, 0.3) is 0 Å². The van der Waals surface area contributed by atoms with Crippen LogP contribution in [0.3, 0.4) is 0 Å².